The summed E-state index contributed by atoms with van der Waals surface area (Å²) in [7, 11) is 1.59. The van der Waals surface area contributed by atoms with E-state index in [4.69, 9.17) is 4.42 Å². The van der Waals surface area contributed by atoms with E-state index in [1.54, 1.807) is 37.4 Å². The SMILES string of the molecule is Cn1c(=O)/c(=C\c2cccc(F)c2)s/c1=C\C(=O)c1ccco1. The number of carbonyl (C=O) groups is 1. The Balaban J connectivity index is 2.09. The molecule has 0 unspecified atom stereocenters. The molecular weight excluding hydrogens is 317 g/mol. The fourth-order valence-corrected chi connectivity index (χ4v) is 3.09. The number of nitrogens with zero attached hydrogens (tertiary/aromatic N) is 1. The van der Waals surface area contributed by atoms with Gasteiger partial charge in [-0.15, -0.1) is 11.3 Å². The minimum absolute atomic E-state index is 0.210. The highest BCUT2D eigenvalue weighted by Gasteiger charge is 2.07. The minimum Gasteiger partial charge on any atom is -0.461 e. The zero-order chi connectivity index (χ0) is 16.4. The highest BCUT2D eigenvalue weighted by molar-refractivity contribution is 7.07. The molecule has 3 aromatic rings. The zero-order valence-corrected chi connectivity index (χ0v) is 13.0. The molecule has 0 radical (unpaired) electrons. The molecule has 1 aromatic carbocycles. The van der Waals surface area contributed by atoms with E-state index in [0.29, 0.717) is 14.8 Å². The quantitative estimate of drug-likeness (QED) is 0.687. The molecule has 0 amide bonds. The van der Waals surface area contributed by atoms with Crippen molar-refractivity contribution in [3.8, 4) is 0 Å². The summed E-state index contributed by atoms with van der Waals surface area (Å²) in [5.74, 6) is -0.474. The van der Waals surface area contributed by atoms with E-state index < -0.39 is 0 Å². The van der Waals surface area contributed by atoms with Crippen LogP contribution in [0.2, 0.25) is 0 Å². The molecule has 0 aliphatic carbocycles. The van der Waals surface area contributed by atoms with Gasteiger partial charge >= 0.3 is 0 Å². The van der Waals surface area contributed by atoms with Gasteiger partial charge in [0.2, 0.25) is 5.78 Å². The molecule has 0 fully saturated rings. The van der Waals surface area contributed by atoms with Gasteiger partial charge in [-0.05, 0) is 35.9 Å². The predicted octanol–water partition coefficient (Wildman–Crippen LogP) is 1.67. The number of hydrogen-bond acceptors (Lipinski definition) is 4. The van der Waals surface area contributed by atoms with Crippen molar-refractivity contribution in [2.45, 2.75) is 0 Å². The van der Waals surface area contributed by atoms with Gasteiger partial charge in [0, 0.05) is 13.1 Å². The number of ketones is 1. The molecule has 6 heteroatoms. The average Bonchev–Trinajstić information content (AvgIpc) is 3.13. The lowest BCUT2D eigenvalue weighted by Gasteiger charge is -1.90. The van der Waals surface area contributed by atoms with Crippen molar-refractivity contribution in [3.63, 3.8) is 0 Å². The minimum atomic E-state index is -0.369. The Morgan fingerprint density at radius 2 is 2.13 bits per heavy atom. The second kappa shape index (κ2) is 6.18. The maximum atomic E-state index is 13.2. The van der Waals surface area contributed by atoms with E-state index in [9.17, 15) is 14.0 Å². The summed E-state index contributed by atoms with van der Waals surface area (Å²) in [6.07, 6.45) is 4.37. The van der Waals surface area contributed by atoms with Crippen LogP contribution in [0.25, 0.3) is 12.2 Å². The second-order valence-corrected chi connectivity index (χ2v) is 5.92. The summed E-state index contributed by atoms with van der Waals surface area (Å²) in [6.45, 7) is 0. The Morgan fingerprint density at radius 1 is 1.30 bits per heavy atom. The number of furan rings is 1. The molecule has 116 valence electrons. The Morgan fingerprint density at radius 3 is 2.83 bits per heavy atom. The van der Waals surface area contributed by atoms with Crippen LogP contribution in [0.5, 0.6) is 0 Å². The highest BCUT2D eigenvalue weighted by Crippen LogP contribution is 2.04. The van der Waals surface area contributed by atoms with Gasteiger partial charge in [0.1, 0.15) is 10.5 Å². The van der Waals surface area contributed by atoms with Crippen LogP contribution in [-0.2, 0) is 7.05 Å². The fraction of sp³-hybridized carbons (Fsp3) is 0.0588. The molecule has 0 spiro atoms. The molecule has 0 bridgehead atoms. The summed E-state index contributed by atoms with van der Waals surface area (Å²) in [6, 6.07) is 9.15. The van der Waals surface area contributed by atoms with Crippen molar-refractivity contribution in [2.75, 3.05) is 0 Å². The Labute approximate surface area is 134 Å². The van der Waals surface area contributed by atoms with Gasteiger partial charge in [0.05, 0.1) is 10.8 Å². The molecule has 0 saturated heterocycles. The Kier molecular flexibility index (Phi) is 4.08. The molecule has 0 saturated carbocycles. The van der Waals surface area contributed by atoms with Gasteiger partial charge in [-0.25, -0.2) is 4.39 Å². The highest BCUT2D eigenvalue weighted by atomic mass is 32.1. The van der Waals surface area contributed by atoms with E-state index in [1.165, 1.54) is 40.4 Å². The van der Waals surface area contributed by atoms with Crippen LogP contribution in [-0.4, -0.2) is 10.4 Å². The molecule has 0 N–H and O–H groups in total. The summed E-state index contributed by atoms with van der Waals surface area (Å²) in [5, 5.41) is 0. The lowest BCUT2D eigenvalue weighted by molar-refractivity contribution is 0.103. The number of carbonyl (C=O) groups excluding carboxylic acids is 1. The number of Topliss-reactive ketones (excluding diaryl/α,β-unsaturated/α-hetero) is 1. The van der Waals surface area contributed by atoms with Crippen LogP contribution in [0.1, 0.15) is 16.1 Å². The first-order valence-electron chi connectivity index (χ1n) is 6.77. The van der Waals surface area contributed by atoms with Crippen LogP contribution in [0, 0.1) is 5.82 Å². The first-order chi connectivity index (χ1) is 11.0. The first kappa shape index (κ1) is 15.2. The summed E-state index contributed by atoms with van der Waals surface area (Å²) in [4.78, 5) is 24.3. The van der Waals surface area contributed by atoms with Crippen LogP contribution in [0.15, 0.2) is 51.9 Å². The summed E-state index contributed by atoms with van der Waals surface area (Å²) in [5.41, 5.74) is 0.352. The maximum Gasteiger partial charge on any atom is 0.268 e. The van der Waals surface area contributed by atoms with Crippen molar-refractivity contribution in [1.82, 2.24) is 4.57 Å². The molecule has 0 aliphatic heterocycles. The largest absolute Gasteiger partial charge is 0.461 e. The van der Waals surface area contributed by atoms with Gasteiger partial charge < -0.3 is 8.98 Å². The van der Waals surface area contributed by atoms with Gasteiger partial charge in [0.25, 0.3) is 5.56 Å². The third-order valence-electron chi connectivity index (χ3n) is 3.23. The van der Waals surface area contributed by atoms with E-state index in [2.05, 4.69) is 0 Å². The number of benzene rings is 1. The lowest BCUT2D eigenvalue weighted by atomic mass is 10.2. The third-order valence-corrected chi connectivity index (χ3v) is 4.34. The first-order valence-corrected chi connectivity index (χ1v) is 7.59. The molecule has 2 heterocycles. The van der Waals surface area contributed by atoms with Crippen LogP contribution >= 0.6 is 11.3 Å². The van der Waals surface area contributed by atoms with Crippen molar-refractivity contribution in [1.29, 1.82) is 0 Å². The summed E-state index contributed by atoms with van der Waals surface area (Å²) < 4.78 is 20.6. The van der Waals surface area contributed by atoms with Crippen molar-refractivity contribution in [2.24, 2.45) is 7.05 Å². The number of halogens is 1. The molecule has 0 aliphatic rings. The van der Waals surface area contributed by atoms with Crippen molar-refractivity contribution >= 4 is 29.3 Å². The monoisotopic (exact) mass is 329 g/mol. The van der Waals surface area contributed by atoms with E-state index in [0.717, 1.165) is 0 Å². The zero-order valence-electron chi connectivity index (χ0n) is 12.2. The fourth-order valence-electron chi connectivity index (χ4n) is 2.06. The van der Waals surface area contributed by atoms with Crippen molar-refractivity contribution in [3.05, 3.63) is 79.4 Å². The van der Waals surface area contributed by atoms with E-state index in [1.807, 2.05) is 0 Å². The van der Waals surface area contributed by atoms with Crippen LogP contribution in [0.3, 0.4) is 0 Å². The molecule has 3 rings (SSSR count). The maximum absolute atomic E-state index is 13.2. The molecule has 2 aromatic heterocycles. The van der Waals surface area contributed by atoms with E-state index >= 15 is 0 Å². The average molecular weight is 329 g/mol. The Bertz CT molecular complexity index is 1030. The third kappa shape index (κ3) is 3.22. The number of thiazole rings is 1. The predicted molar refractivity (Wildman–Crippen MR) is 86.3 cm³/mol. The standard InChI is InChI=1S/C17H12FNO3S/c1-19-16(10-13(20)14-6-3-7-22-14)23-15(17(19)21)9-11-4-2-5-12(18)8-11/h2-10H,1H3/b15-9+,16-10-. The van der Waals surface area contributed by atoms with Crippen LogP contribution < -0.4 is 14.8 Å². The summed E-state index contributed by atoms with van der Waals surface area (Å²) >= 11 is 1.17. The Hall–Kier alpha value is -2.73. The van der Waals surface area contributed by atoms with Gasteiger partial charge in [-0.2, -0.15) is 0 Å². The van der Waals surface area contributed by atoms with Gasteiger partial charge in [-0.1, -0.05) is 12.1 Å². The topological polar surface area (TPSA) is 52.2 Å². The number of aromatic nitrogens is 1. The normalized spacial score (nSPS) is 12.8. The van der Waals surface area contributed by atoms with Crippen LogP contribution in [0.4, 0.5) is 4.39 Å². The number of hydrogen-bond donors (Lipinski definition) is 0. The van der Waals surface area contributed by atoms with E-state index in [-0.39, 0.29) is 22.9 Å². The second-order valence-electron chi connectivity index (χ2n) is 4.85. The number of rotatable bonds is 3. The van der Waals surface area contributed by atoms with Gasteiger partial charge in [-0.3, -0.25) is 9.59 Å². The van der Waals surface area contributed by atoms with Crippen molar-refractivity contribution < 1.29 is 13.6 Å². The molecule has 23 heavy (non-hydrogen) atoms. The van der Waals surface area contributed by atoms with Gasteiger partial charge in [0.15, 0.2) is 5.76 Å². The lowest BCUT2D eigenvalue weighted by Crippen LogP contribution is -2.29. The molecular formula is C17H12FNO3S. The molecule has 0 atom stereocenters. The smallest absolute Gasteiger partial charge is 0.268 e. The molecule has 4 nitrogen and oxygen atoms in total.